The molecule has 0 aliphatic carbocycles. The van der Waals surface area contributed by atoms with E-state index in [-0.39, 0.29) is 5.82 Å². The molecule has 0 unspecified atom stereocenters. The van der Waals surface area contributed by atoms with Crippen LogP contribution in [0.5, 0.6) is 0 Å². The lowest BCUT2D eigenvalue weighted by molar-refractivity contribution is 0.623. The predicted molar refractivity (Wildman–Crippen MR) is 70.1 cm³/mol. The third-order valence-electron chi connectivity index (χ3n) is 2.75. The maximum Gasteiger partial charge on any atom is 0.146 e. The van der Waals surface area contributed by atoms with Gasteiger partial charge in [-0.2, -0.15) is 5.10 Å². The normalized spacial score (nSPS) is 10.8. The van der Waals surface area contributed by atoms with Crippen molar-refractivity contribution in [1.29, 1.82) is 0 Å². The molecule has 0 radical (unpaired) electrons. The summed E-state index contributed by atoms with van der Waals surface area (Å²) in [7, 11) is 1.76. The number of hydrogen-bond acceptors (Lipinski definition) is 2. The summed E-state index contributed by atoms with van der Waals surface area (Å²) in [5.74, 6) is 0.280. The van der Waals surface area contributed by atoms with Crippen LogP contribution in [0.15, 0.2) is 22.7 Å². The van der Waals surface area contributed by atoms with Gasteiger partial charge in [0.25, 0.3) is 0 Å². The number of anilines is 1. The first-order chi connectivity index (χ1) is 8.06. The molecule has 5 heteroatoms. The van der Waals surface area contributed by atoms with Crippen LogP contribution in [0.2, 0.25) is 0 Å². The van der Waals surface area contributed by atoms with Gasteiger partial charge in [-0.15, -0.1) is 0 Å². The lowest BCUT2D eigenvalue weighted by Crippen LogP contribution is -1.98. The summed E-state index contributed by atoms with van der Waals surface area (Å²) in [6, 6.07) is 5.16. The highest BCUT2D eigenvalue weighted by Gasteiger charge is 2.17. The number of nitrogen functional groups attached to an aromatic ring is 1. The van der Waals surface area contributed by atoms with Crippen molar-refractivity contribution in [2.75, 3.05) is 5.73 Å². The molecule has 1 aromatic carbocycles. The molecular weight excluding hydrogens is 285 g/mol. The number of benzene rings is 1. The maximum atomic E-state index is 14.0. The summed E-state index contributed by atoms with van der Waals surface area (Å²) >= 11 is 3.17. The molecule has 0 fully saturated rings. The standard InChI is InChI=1S/C12H13BrFN3/c1-3-7-11(16-17(2)12(7)15)8-5-4-6-9(13)10(8)14/h4-6H,3,15H2,1-2H3. The summed E-state index contributed by atoms with van der Waals surface area (Å²) < 4.78 is 16.0. The third-order valence-corrected chi connectivity index (χ3v) is 3.37. The molecule has 2 rings (SSSR count). The van der Waals surface area contributed by atoms with Gasteiger partial charge in [-0.25, -0.2) is 4.39 Å². The van der Waals surface area contributed by atoms with Gasteiger partial charge in [0.1, 0.15) is 17.3 Å². The Hall–Kier alpha value is -1.36. The van der Waals surface area contributed by atoms with Gasteiger partial charge in [0.15, 0.2) is 0 Å². The molecule has 0 saturated carbocycles. The van der Waals surface area contributed by atoms with Crippen LogP contribution in [0.4, 0.5) is 10.2 Å². The van der Waals surface area contributed by atoms with Gasteiger partial charge in [-0.1, -0.05) is 13.0 Å². The highest BCUT2D eigenvalue weighted by molar-refractivity contribution is 9.10. The molecule has 0 aliphatic rings. The molecule has 0 saturated heterocycles. The number of hydrogen-bond donors (Lipinski definition) is 1. The van der Waals surface area contributed by atoms with Crippen LogP contribution in [-0.4, -0.2) is 9.78 Å². The van der Waals surface area contributed by atoms with Crippen molar-refractivity contribution < 1.29 is 4.39 Å². The minimum atomic E-state index is -0.305. The Bertz CT molecular complexity index is 563. The summed E-state index contributed by atoms with van der Waals surface area (Å²) in [5.41, 5.74) is 7.88. The number of halogens is 2. The van der Waals surface area contributed by atoms with Crippen molar-refractivity contribution in [2.24, 2.45) is 7.05 Å². The van der Waals surface area contributed by atoms with E-state index in [1.165, 1.54) is 0 Å². The van der Waals surface area contributed by atoms with E-state index in [9.17, 15) is 4.39 Å². The van der Waals surface area contributed by atoms with Crippen LogP contribution in [0.3, 0.4) is 0 Å². The van der Waals surface area contributed by atoms with Gasteiger partial charge in [0, 0.05) is 18.2 Å². The van der Waals surface area contributed by atoms with Crippen LogP contribution < -0.4 is 5.73 Å². The van der Waals surface area contributed by atoms with Gasteiger partial charge in [-0.3, -0.25) is 4.68 Å². The Morgan fingerprint density at radius 1 is 1.47 bits per heavy atom. The molecule has 0 atom stereocenters. The summed E-state index contributed by atoms with van der Waals surface area (Å²) in [5, 5.41) is 4.28. The van der Waals surface area contributed by atoms with E-state index in [0.717, 1.165) is 12.0 Å². The molecular formula is C12H13BrFN3. The minimum absolute atomic E-state index is 0.305. The number of nitrogens with zero attached hydrogens (tertiary/aromatic N) is 2. The first-order valence-electron chi connectivity index (χ1n) is 5.32. The van der Waals surface area contributed by atoms with Crippen molar-refractivity contribution in [2.45, 2.75) is 13.3 Å². The van der Waals surface area contributed by atoms with Crippen LogP contribution >= 0.6 is 15.9 Å². The fraction of sp³-hybridized carbons (Fsp3) is 0.250. The second kappa shape index (κ2) is 4.49. The van der Waals surface area contributed by atoms with Crippen LogP contribution in [0.25, 0.3) is 11.3 Å². The number of aromatic nitrogens is 2. The largest absolute Gasteiger partial charge is 0.384 e. The first-order valence-corrected chi connectivity index (χ1v) is 6.11. The molecule has 0 aliphatic heterocycles. The molecule has 2 aromatic rings. The smallest absolute Gasteiger partial charge is 0.146 e. The minimum Gasteiger partial charge on any atom is -0.384 e. The van der Waals surface area contributed by atoms with Crippen molar-refractivity contribution in [3.05, 3.63) is 34.1 Å². The zero-order valence-electron chi connectivity index (χ0n) is 9.67. The van der Waals surface area contributed by atoms with Gasteiger partial charge < -0.3 is 5.73 Å². The zero-order valence-corrected chi connectivity index (χ0v) is 11.3. The lowest BCUT2D eigenvalue weighted by atomic mass is 10.1. The van der Waals surface area contributed by atoms with E-state index in [1.807, 2.05) is 6.92 Å². The Morgan fingerprint density at radius 3 is 2.82 bits per heavy atom. The zero-order chi connectivity index (χ0) is 12.6. The second-order valence-electron chi connectivity index (χ2n) is 3.79. The fourth-order valence-electron chi connectivity index (χ4n) is 1.83. The van der Waals surface area contributed by atoms with E-state index in [4.69, 9.17) is 5.73 Å². The van der Waals surface area contributed by atoms with Crippen molar-refractivity contribution in [3.63, 3.8) is 0 Å². The van der Waals surface area contributed by atoms with Gasteiger partial charge in [-0.05, 0) is 34.5 Å². The molecule has 0 spiro atoms. The monoisotopic (exact) mass is 297 g/mol. The molecule has 0 amide bonds. The Labute approximate surface area is 108 Å². The van der Waals surface area contributed by atoms with Gasteiger partial charge >= 0.3 is 0 Å². The molecule has 1 heterocycles. The average Bonchev–Trinajstić information content (AvgIpc) is 2.59. The van der Waals surface area contributed by atoms with E-state index in [1.54, 1.807) is 29.9 Å². The number of nitrogens with two attached hydrogens (primary N) is 1. The van der Waals surface area contributed by atoms with E-state index >= 15 is 0 Å². The second-order valence-corrected chi connectivity index (χ2v) is 4.65. The molecule has 2 N–H and O–H groups in total. The van der Waals surface area contributed by atoms with Crippen LogP contribution in [0, 0.1) is 5.82 Å². The summed E-state index contributed by atoms with van der Waals surface area (Å²) in [6.45, 7) is 1.98. The van der Waals surface area contributed by atoms with Gasteiger partial charge in [0.05, 0.1) is 4.47 Å². The maximum absolute atomic E-state index is 14.0. The molecule has 1 aromatic heterocycles. The Kier molecular flexibility index (Phi) is 3.19. The number of rotatable bonds is 2. The highest BCUT2D eigenvalue weighted by Crippen LogP contribution is 2.31. The quantitative estimate of drug-likeness (QED) is 0.925. The van der Waals surface area contributed by atoms with Crippen molar-refractivity contribution in [1.82, 2.24) is 9.78 Å². The average molecular weight is 298 g/mol. The van der Waals surface area contributed by atoms with E-state index < -0.39 is 0 Å². The molecule has 90 valence electrons. The molecule has 0 bridgehead atoms. The highest BCUT2D eigenvalue weighted by atomic mass is 79.9. The van der Waals surface area contributed by atoms with Crippen LogP contribution in [0.1, 0.15) is 12.5 Å². The SMILES string of the molecule is CCc1c(-c2cccc(Br)c2F)nn(C)c1N. The molecule has 3 nitrogen and oxygen atoms in total. The Balaban J connectivity index is 2.68. The summed E-state index contributed by atoms with van der Waals surface area (Å²) in [6.07, 6.45) is 0.723. The van der Waals surface area contributed by atoms with E-state index in [0.29, 0.717) is 21.5 Å². The van der Waals surface area contributed by atoms with Crippen LogP contribution in [-0.2, 0) is 13.5 Å². The summed E-state index contributed by atoms with van der Waals surface area (Å²) in [4.78, 5) is 0. The number of aryl methyl sites for hydroxylation is 1. The van der Waals surface area contributed by atoms with E-state index in [2.05, 4.69) is 21.0 Å². The molecule has 17 heavy (non-hydrogen) atoms. The Morgan fingerprint density at radius 2 is 2.18 bits per heavy atom. The van der Waals surface area contributed by atoms with Crippen molar-refractivity contribution >= 4 is 21.7 Å². The lowest BCUT2D eigenvalue weighted by Gasteiger charge is -2.03. The predicted octanol–water partition coefficient (Wildman–Crippen LogP) is 3.13. The fourth-order valence-corrected chi connectivity index (χ4v) is 2.20. The topological polar surface area (TPSA) is 43.8 Å². The first kappa shape index (κ1) is 12.1. The van der Waals surface area contributed by atoms with Gasteiger partial charge in [0.2, 0.25) is 0 Å². The third kappa shape index (κ3) is 1.95. The van der Waals surface area contributed by atoms with Crippen molar-refractivity contribution in [3.8, 4) is 11.3 Å².